The summed E-state index contributed by atoms with van der Waals surface area (Å²) in [6, 6.07) is 17.8. The molecule has 1 saturated heterocycles. The smallest absolute Gasteiger partial charge is 0.264 e. The van der Waals surface area contributed by atoms with E-state index in [0.717, 1.165) is 10.5 Å². The Labute approximate surface area is 211 Å². The fraction of sp³-hybridized carbons (Fsp3) is 0.148. The number of rotatable bonds is 6. The molecule has 3 aromatic rings. The van der Waals surface area contributed by atoms with Crippen LogP contribution in [0.3, 0.4) is 0 Å². The van der Waals surface area contributed by atoms with Gasteiger partial charge in [-0.25, -0.2) is 0 Å². The van der Waals surface area contributed by atoms with Crippen LogP contribution in [0.15, 0.2) is 66.7 Å². The molecule has 0 bridgehead atoms. The van der Waals surface area contributed by atoms with E-state index in [-0.39, 0.29) is 29.9 Å². The summed E-state index contributed by atoms with van der Waals surface area (Å²) in [7, 11) is 0. The molecule has 2 heterocycles. The van der Waals surface area contributed by atoms with Gasteiger partial charge in [0.2, 0.25) is 11.8 Å². The van der Waals surface area contributed by atoms with Gasteiger partial charge in [-0.15, -0.1) is 0 Å². The number of nitrogens with two attached hydrogens (primary N) is 1. The number of hydrogen-bond acceptors (Lipinski definition) is 7. The van der Waals surface area contributed by atoms with E-state index in [4.69, 9.17) is 5.73 Å². The molecule has 1 atom stereocenters. The van der Waals surface area contributed by atoms with Crippen molar-refractivity contribution in [3.63, 3.8) is 0 Å². The maximum absolute atomic E-state index is 13.2. The average molecular weight is 498 g/mol. The van der Waals surface area contributed by atoms with E-state index in [1.165, 1.54) is 0 Å². The lowest BCUT2D eigenvalue weighted by Gasteiger charge is -2.27. The highest BCUT2D eigenvalue weighted by Gasteiger charge is 2.45. The summed E-state index contributed by atoms with van der Waals surface area (Å²) in [4.78, 5) is 63.5. The van der Waals surface area contributed by atoms with E-state index < -0.39 is 29.7 Å². The molecule has 2 aliphatic rings. The van der Waals surface area contributed by atoms with Crippen molar-refractivity contribution < 1.29 is 24.0 Å². The highest BCUT2D eigenvalue weighted by Crippen LogP contribution is 2.32. The van der Waals surface area contributed by atoms with Crippen LogP contribution in [0, 0.1) is 0 Å². The highest BCUT2D eigenvalue weighted by molar-refractivity contribution is 6.25. The summed E-state index contributed by atoms with van der Waals surface area (Å²) >= 11 is 0. The number of nitrogen functional groups attached to an aromatic ring is 1. The monoisotopic (exact) mass is 497 g/mol. The zero-order chi connectivity index (χ0) is 26.1. The molecule has 0 saturated carbocycles. The van der Waals surface area contributed by atoms with Gasteiger partial charge in [0.15, 0.2) is 0 Å². The van der Waals surface area contributed by atoms with Crippen molar-refractivity contribution >= 4 is 46.6 Å². The zero-order valence-corrected chi connectivity index (χ0v) is 19.6. The van der Waals surface area contributed by atoms with Gasteiger partial charge in [-0.1, -0.05) is 30.3 Å². The molecule has 10 heteroatoms. The minimum absolute atomic E-state index is 0.0572. The normalized spacial score (nSPS) is 16.9. The first-order valence-corrected chi connectivity index (χ1v) is 11.7. The van der Waals surface area contributed by atoms with Crippen LogP contribution >= 0.6 is 0 Å². The van der Waals surface area contributed by atoms with E-state index in [1.54, 1.807) is 66.7 Å². The number of carbonyl (C=O) groups is 5. The SMILES string of the molecule is Nc1ccccc1NC(=O)c1ccc(CNc2cccc3c2C(=O)N(C2CCC(=O)NC2=O)C3=O)cc1. The van der Waals surface area contributed by atoms with Crippen LogP contribution < -0.4 is 21.7 Å². The van der Waals surface area contributed by atoms with Crippen LogP contribution in [-0.4, -0.2) is 40.5 Å². The molecule has 0 spiro atoms. The van der Waals surface area contributed by atoms with Crippen LogP contribution in [0.4, 0.5) is 17.1 Å². The molecular formula is C27H23N5O5. The largest absolute Gasteiger partial charge is 0.397 e. The second-order valence-corrected chi connectivity index (χ2v) is 8.77. The number of nitrogens with one attached hydrogen (secondary N) is 3. The molecule has 0 aromatic heterocycles. The standard InChI is InChI=1S/C27H23N5O5/c28-18-5-1-2-6-19(18)30-24(34)16-10-8-15(9-11-16)14-29-20-7-3-4-17-23(20)27(37)32(26(17)36)21-12-13-22(33)31-25(21)35/h1-11,21,29H,12-14,28H2,(H,30,34)(H,31,33,35). The van der Waals surface area contributed by atoms with Crippen molar-refractivity contribution in [2.45, 2.75) is 25.4 Å². The molecule has 3 aromatic carbocycles. The molecular weight excluding hydrogens is 474 g/mol. The van der Waals surface area contributed by atoms with Crippen molar-refractivity contribution in [1.82, 2.24) is 10.2 Å². The van der Waals surface area contributed by atoms with Gasteiger partial charge < -0.3 is 16.4 Å². The summed E-state index contributed by atoms with van der Waals surface area (Å²) in [6.45, 7) is 0.323. The Morgan fingerprint density at radius 1 is 0.919 bits per heavy atom. The van der Waals surface area contributed by atoms with Gasteiger partial charge >= 0.3 is 0 Å². The third kappa shape index (κ3) is 4.52. The maximum atomic E-state index is 13.2. The first kappa shape index (κ1) is 23.7. The Morgan fingerprint density at radius 3 is 2.38 bits per heavy atom. The van der Waals surface area contributed by atoms with Crippen molar-refractivity contribution in [3.05, 3.63) is 89.0 Å². The Hall–Kier alpha value is -4.99. The van der Waals surface area contributed by atoms with Crippen molar-refractivity contribution in [3.8, 4) is 0 Å². The number of nitrogens with zero attached hydrogens (tertiary/aromatic N) is 1. The summed E-state index contributed by atoms with van der Waals surface area (Å²) in [5, 5.41) is 8.15. The third-order valence-electron chi connectivity index (χ3n) is 6.38. The number of hydrogen-bond donors (Lipinski definition) is 4. The Balaban J connectivity index is 1.28. The number of anilines is 3. The number of piperidine rings is 1. The summed E-state index contributed by atoms with van der Waals surface area (Å²) in [5.74, 6) is -2.51. The van der Waals surface area contributed by atoms with Crippen molar-refractivity contribution in [1.29, 1.82) is 0 Å². The number of amides is 5. The number of fused-ring (bicyclic) bond motifs is 1. The summed E-state index contributed by atoms with van der Waals surface area (Å²) < 4.78 is 0. The van der Waals surface area contributed by atoms with Crippen molar-refractivity contribution in [2.24, 2.45) is 0 Å². The minimum atomic E-state index is -1.03. The highest BCUT2D eigenvalue weighted by atomic mass is 16.2. The molecule has 1 fully saturated rings. The lowest BCUT2D eigenvalue weighted by Crippen LogP contribution is -2.54. The molecule has 2 aliphatic heterocycles. The van der Waals surface area contributed by atoms with Crippen LogP contribution in [0.5, 0.6) is 0 Å². The topological polar surface area (TPSA) is 151 Å². The maximum Gasteiger partial charge on any atom is 0.264 e. The number of imide groups is 2. The Morgan fingerprint density at radius 2 is 1.65 bits per heavy atom. The van der Waals surface area contributed by atoms with E-state index >= 15 is 0 Å². The molecule has 10 nitrogen and oxygen atoms in total. The Bertz CT molecular complexity index is 1450. The van der Waals surface area contributed by atoms with E-state index in [9.17, 15) is 24.0 Å². The molecule has 0 aliphatic carbocycles. The number of para-hydroxylation sites is 2. The fourth-order valence-corrected chi connectivity index (χ4v) is 4.44. The van der Waals surface area contributed by atoms with Gasteiger partial charge in [0.1, 0.15) is 6.04 Å². The molecule has 37 heavy (non-hydrogen) atoms. The van der Waals surface area contributed by atoms with E-state index in [0.29, 0.717) is 29.2 Å². The fourth-order valence-electron chi connectivity index (χ4n) is 4.44. The first-order chi connectivity index (χ1) is 17.8. The molecule has 0 radical (unpaired) electrons. The quantitative estimate of drug-likeness (QED) is 0.302. The molecule has 5 amide bonds. The molecule has 186 valence electrons. The minimum Gasteiger partial charge on any atom is -0.397 e. The van der Waals surface area contributed by atoms with Gasteiger partial charge in [0, 0.05) is 24.2 Å². The lowest BCUT2D eigenvalue weighted by atomic mass is 10.0. The van der Waals surface area contributed by atoms with Gasteiger partial charge in [-0.3, -0.25) is 34.2 Å². The molecule has 5 N–H and O–H groups in total. The third-order valence-corrected chi connectivity index (χ3v) is 6.38. The Kier molecular flexibility index (Phi) is 6.14. The second kappa shape index (κ2) is 9.57. The summed E-state index contributed by atoms with van der Waals surface area (Å²) in [5.41, 5.74) is 9.01. The van der Waals surface area contributed by atoms with Crippen LogP contribution in [0.1, 0.15) is 49.5 Å². The molecule has 1 unspecified atom stereocenters. The summed E-state index contributed by atoms with van der Waals surface area (Å²) in [6.07, 6.45) is 0.150. The first-order valence-electron chi connectivity index (χ1n) is 11.7. The molecule has 5 rings (SSSR count). The average Bonchev–Trinajstić information content (AvgIpc) is 3.15. The van der Waals surface area contributed by atoms with E-state index in [2.05, 4.69) is 16.0 Å². The van der Waals surface area contributed by atoms with Gasteiger partial charge in [-0.05, 0) is 48.4 Å². The second-order valence-electron chi connectivity index (χ2n) is 8.77. The number of carbonyl (C=O) groups excluding carboxylic acids is 5. The van der Waals surface area contributed by atoms with Gasteiger partial charge in [-0.2, -0.15) is 0 Å². The van der Waals surface area contributed by atoms with Crippen molar-refractivity contribution in [2.75, 3.05) is 16.4 Å². The lowest BCUT2D eigenvalue weighted by molar-refractivity contribution is -0.136. The predicted octanol–water partition coefficient (Wildman–Crippen LogP) is 2.53. The number of benzene rings is 3. The van der Waals surface area contributed by atoms with Crippen LogP contribution in [0.2, 0.25) is 0 Å². The zero-order valence-electron chi connectivity index (χ0n) is 19.6. The van der Waals surface area contributed by atoms with Gasteiger partial charge in [0.25, 0.3) is 17.7 Å². The van der Waals surface area contributed by atoms with E-state index in [1.807, 2.05) is 0 Å². The van der Waals surface area contributed by atoms with Gasteiger partial charge in [0.05, 0.1) is 22.5 Å². The van der Waals surface area contributed by atoms with Crippen LogP contribution in [0.25, 0.3) is 0 Å². The predicted molar refractivity (Wildman–Crippen MR) is 136 cm³/mol. The van der Waals surface area contributed by atoms with Crippen LogP contribution in [-0.2, 0) is 16.1 Å².